The first-order valence-corrected chi connectivity index (χ1v) is 14.3. The van der Waals surface area contributed by atoms with Crippen LogP contribution in [0.4, 0.5) is 19.3 Å². The number of primary amides is 1. The van der Waals surface area contributed by atoms with Gasteiger partial charge in [-0.3, -0.25) is 4.90 Å². The number of nitrogens with one attached hydrogen (secondary N) is 1. The predicted molar refractivity (Wildman–Crippen MR) is 161 cm³/mol. The van der Waals surface area contributed by atoms with Crippen molar-refractivity contribution in [3.05, 3.63) is 94.2 Å². The van der Waals surface area contributed by atoms with E-state index in [1.54, 1.807) is 7.11 Å². The number of ether oxygens (including phenoxy) is 1. The number of hydrogen-bond donors (Lipinski definition) is 2. The summed E-state index contributed by atoms with van der Waals surface area (Å²) in [4.78, 5) is 13.7. The summed E-state index contributed by atoms with van der Waals surface area (Å²) in [6.07, 6.45) is 2.15. The highest BCUT2D eigenvalue weighted by molar-refractivity contribution is 5.88. The summed E-state index contributed by atoms with van der Waals surface area (Å²) in [6.45, 7) is 9.71. The summed E-state index contributed by atoms with van der Waals surface area (Å²) in [5, 5.41) is 7.23. The van der Waals surface area contributed by atoms with Crippen LogP contribution < -0.4 is 15.8 Å². The number of anilines is 1. The van der Waals surface area contributed by atoms with Crippen LogP contribution in [0.2, 0.25) is 0 Å². The van der Waals surface area contributed by atoms with Crippen molar-refractivity contribution in [2.45, 2.75) is 59.0 Å². The fourth-order valence-electron chi connectivity index (χ4n) is 5.91. The summed E-state index contributed by atoms with van der Waals surface area (Å²) in [5.41, 5.74) is 11.0. The molecule has 0 bridgehead atoms. The molecule has 0 aliphatic carbocycles. The van der Waals surface area contributed by atoms with Crippen LogP contribution in [-0.2, 0) is 31.3 Å². The highest BCUT2D eigenvalue weighted by Gasteiger charge is 2.36. The molecule has 0 unspecified atom stereocenters. The highest BCUT2D eigenvalue weighted by atomic mass is 19.1. The maximum Gasteiger partial charge on any atom is 0.316 e. The molecule has 2 heterocycles. The van der Waals surface area contributed by atoms with E-state index in [1.165, 1.54) is 0 Å². The smallest absolute Gasteiger partial charge is 0.316 e. The zero-order valence-electron chi connectivity index (χ0n) is 24.7. The fraction of sp³-hybridized carbons (Fsp3) is 0.333. The Morgan fingerprint density at radius 1 is 1.05 bits per heavy atom. The van der Waals surface area contributed by atoms with Gasteiger partial charge in [0.1, 0.15) is 17.4 Å². The Balaban J connectivity index is 1.70. The minimum atomic E-state index is -0.968. The van der Waals surface area contributed by atoms with Crippen LogP contribution in [0, 0.1) is 11.6 Å². The number of aryl methyl sites for hydroxylation is 2. The average Bonchev–Trinajstić information content (AvgIpc) is 3.36. The van der Waals surface area contributed by atoms with Gasteiger partial charge in [0.25, 0.3) is 0 Å². The molecule has 1 aromatic heterocycles. The number of methoxy groups -OCH3 is 1. The molecule has 0 radical (unpaired) electrons. The number of nitrogens with zero attached hydrogens (tertiary/aromatic N) is 3. The number of amides is 2. The lowest BCUT2D eigenvalue weighted by atomic mass is 9.89. The van der Waals surface area contributed by atoms with Crippen molar-refractivity contribution in [2.75, 3.05) is 19.0 Å². The second kappa shape index (κ2) is 11.6. The maximum atomic E-state index is 15.9. The van der Waals surface area contributed by atoms with Crippen molar-refractivity contribution in [1.29, 1.82) is 0 Å². The third-order valence-electron chi connectivity index (χ3n) is 8.37. The number of para-hydroxylation sites is 1. The van der Waals surface area contributed by atoms with Gasteiger partial charge >= 0.3 is 6.03 Å². The van der Waals surface area contributed by atoms with Crippen molar-refractivity contribution in [3.63, 3.8) is 0 Å². The number of rotatable bonds is 8. The molecule has 9 heteroatoms. The van der Waals surface area contributed by atoms with Gasteiger partial charge in [-0.05, 0) is 61.6 Å². The molecule has 0 atom stereocenters. The van der Waals surface area contributed by atoms with Gasteiger partial charge in [0.05, 0.1) is 29.9 Å². The Labute approximate surface area is 245 Å². The number of hydrogen-bond acceptors (Lipinski definition) is 4. The first-order valence-electron chi connectivity index (χ1n) is 14.3. The molecule has 0 spiro atoms. The van der Waals surface area contributed by atoms with Crippen LogP contribution >= 0.6 is 0 Å². The van der Waals surface area contributed by atoms with Gasteiger partial charge in [0, 0.05) is 42.2 Å². The van der Waals surface area contributed by atoms with E-state index in [4.69, 9.17) is 15.6 Å². The van der Waals surface area contributed by atoms with Gasteiger partial charge in [0.15, 0.2) is 0 Å². The third-order valence-corrected chi connectivity index (χ3v) is 8.37. The molecule has 1 aliphatic heterocycles. The van der Waals surface area contributed by atoms with E-state index in [0.29, 0.717) is 18.7 Å². The Morgan fingerprint density at radius 3 is 2.31 bits per heavy atom. The summed E-state index contributed by atoms with van der Waals surface area (Å²) >= 11 is 0. The Hall–Kier alpha value is -4.24. The molecule has 3 aromatic carbocycles. The first-order chi connectivity index (χ1) is 20.1. The van der Waals surface area contributed by atoms with Gasteiger partial charge in [-0.2, -0.15) is 5.10 Å². The van der Waals surface area contributed by atoms with Crippen molar-refractivity contribution >= 4 is 11.7 Å². The molecule has 2 amide bonds. The summed E-state index contributed by atoms with van der Waals surface area (Å²) in [5.74, 6) is -0.674. The second-order valence-corrected chi connectivity index (χ2v) is 11.1. The van der Waals surface area contributed by atoms with E-state index in [2.05, 4.69) is 62.2 Å². The van der Waals surface area contributed by atoms with E-state index in [-0.39, 0.29) is 16.8 Å². The fourth-order valence-corrected chi connectivity index (χ4v) is 5.91. The summed E-state index contributed by atoms with van der Waals surface area (Å²) in [6, 6.07) is 15.3. The maximum absolute atomic E-state index is 15.9. The van der Waals surface area contributed by atoms with Crippen LogP contribution in [0.15, 0.2) is 54.6 Å². The Bertz CT molecular complexity index is 1610. The zero-order chi connectivity index (χ0) is 30.2. The molecule has 0 fully saturated rings. The highest BCUT2D eigenvalue weighted by Crippen LogP contribution is 2.40. The van der Waals surface area contributed by atoms with Crippen LogP contribution in [-0.4, -0.2) is 34.4 Å². The molecular formula is C33H37F2N5O2. The van der Waals surface area contributed by atoms with E-state index in [9.17, 15) is 4.79 Å². The molecular weight excluding hydrogens is 536 g/mol. The average molecular weight is 574 g/mol. The number of halogens is 2. The van der Waals surface area contributed by atoms with Crippen LogP contribution in [0.5, 0.6) is 5.75 Å². The molecule has 220 valence electrons. The van der Waals surface area contributed by atoms with Crippen molar-refractivity contribution in [1.82, 2.24) is 14.7 Å². The first kappa shape index (κ1) is 29.3. The molecule has 42 heavy (non-hydrogen) atoms. The molecule has 4 aromatic rings. The number of carbonyl (C=O) groups is 1. The van der Waals surface area contributed by atoms with Gasteiger partial charge in [-0.15, -0.1) is 0 Å². The van der Waals surface area contributed by atoms with Gasteiger partial charge in [-0.1, -0.05) is 44.2 Å². The number of benzene rings is 3. The number of carbonyl (C=O) groups excluding carboxylic acids is 1. The van der Waals surface area contributed by atoms with Crippen LogP contribution in [0.25, 0.3) is 16.9 Å². The van der Waals surface area contributed by atoms with Crippen LogP contribution in [0.3, 0.4) is 0 Å². The normalized spacial score (nSPS) is 13.6. The van der Waals surface area contributed by atoms with E-state index in [1.807, 2.05) is 22.9 Å². The van der Waals surface area contributed by atoms with Gasteiger partial charge < -0.3 is 15.8 Å². The van der Waals surface area contributed by atoms with Crippen molar-refractivity contribution < 1.29 is 18.3 Å². The number of nitrogens with two attached hydrogens (primary N) is 1. The van der Waals surface area contributed by atoms with Gasteiger partial charge in [0.2, 0.25) is 0 Å². The van der Waals surface area contributed by atoms with E-state index < -0.39 is 17.7 Å². The summed E-state index contributed by atoms with van der Waals surface area (Å²) in [7, 11) is 1.64. The number of fused-ring (bicyclic) bond motifs is 1. The largest absolute Gasteiger partial charge is 0.497 e. The molecule has 0 saturated carbocycles. The van der Waals surface area contributed by atoms with Crippen molar-refractivity contribution in [3.8, 4) is 22.7 Å². The second-order valence-electron chi connectivity index (χ2n) is 11.1. The van der Waals surface area contributed by atoms with Crippen molar-refractivity contribution in [2.24, 2.45) is 5.73 Å². The Morgan fingerprint density at radius 2 is 1.71 bits per heavy atom. The third kappa shape index (κ3) is 5.25. The lowest BCUT2D eigenvalue weighted by Crippen LogP contribution is -2.44. The van der Waals surface area contributed by atoms with E-state index in [0.717, 1.165) is 70.9 Å². The zero-order valence-corrected chi connectivity index (χ0v) is 24.7. The molecule has 0 saturated heterocycles. The molecule has 3 N–H and O–H groups in total. The van der Waals surface area contributed by atoms with E-state index >= 15 is 8.78 Å². The predicted octanol–water partition coefficient (Wildman–Crippen LogP) is 6.73. The quantitative estimate of drug-likeness (QED) is 0.245. The molecule has 7 nitrogen and oxygen atoms in total. The Kier molecular flexibility index (Phi) is 8.06. The van der Waals surface area contributed by atoms with Gasteiger partial charge in [-0.25, -0.2) is 18.3 Å². The SMILES string of the molecule is CCc1cccc(CC)c1-n1nc2c(c1-c1cc(F)c(NC(N)=O)cc1F)CN(C(C)(C)c1ccc(OC)cc1)CC2. The number of urea groups is 1. The standard InChI is InChI=1S/C33H37F2N5O2/c1-6-20-9-8-10-21(7-2)30(20)40-31(24-17-27(35)29(18-26(24)34)37-32(36)41)25-19-39(16-15-28(25)38-40)33(3,4)22-11-13-23(42-5)14-12-22/h8-14,17-18H,6-7,15-16,19H2,1-5H3,(H3,36,37,41). The topological polar surface area (TPSA) is 85.4 Å². The summed E-state index contributed by atoms with van der Waals surface area (Å²) < 4.78 is 38.4. The molecule has 5 rings (SSSR count). The molecule has 1 aliphatic rings. The lowest BCUT2D eigenvalue weighted by molar-refractivity contribution is 0.103. The van der Waals surface area contributed by atoms with Crippen LogP contribution in [0.1, 0.15) is 55.6 Å². The monoisotopic (exact) mass is 573 g/mol. The number of aromatic nitrogens is 2. The minimum absolute atomic E-state index is 0.0772. The lowest BCUT2D eigenvalue weighted by Gasteiger charge is -2.41. The minimum Gasteiger partial charge on any atom is -0.497 e.